The lowest BCUT2D eigenvalue weighted by Crippen LogP contribution is -2.41. The van der Waals surface area contributed by atoms with Gasteiger partial charge in [0.15, 0.2) is 11.6 Å². The third-order valence-corrected chi connectivity index (χ3v) is 4.19. The molecule has 6 heteroatoms. The lowest BCUT2D eigenvalue weighted by Gasteiger charge is -2.32. The van der Waals surface area contributed by atoms with Gasteiger partial charge in [0.2, 0.25) is 0 Å². The minimum Gasteiger partial charge on any atom is -0.399 e. The molecule has 0 saturated carbocycles. The third kappa shape index (κ3) is 2.98. The summed E-state index contributed by atoms with van der Waals surface area (Å²) in [7, 11) is 2.72. The fourth-order valence-corrected chi connectivity index (χ4v) is 2.22. The zero-order valence-corrected chi connectivity index (χ0v) is 13.5. The summed E-state index contributed by atoms with van der Waals surface area (Å²) in [5.41, 5.74) is -0.738. The highest BCUT2D eigenvalue weighted by molar-refractivity contribution is 6.62. The maximum atomic E-state index is 14.3. The second-order valence-electron chi connectivity index (χ2n) is 6.77. The number of halogens is 2. The molecule has 1 aliphatic heterocycles. The second kappa shape index (κ2) is 5.34. The lowest BCUT2D eigenvalue weighted by atomic mass is 9.78. The molecule has 1 aromatic carbocycles. The molecule has 0 spiro atoms. The van der Waals surface area contributed by atoms with Crippen LogP contribution in [0.25, 0.3) is 0 Å². The Kier molecular flexibility index (Phi) is 4.17. The van der Waals surface area contributed by atoms with Crippen LogP contribution in [0, 0.1) is 11.6 Å². The van der Waals surface area contributed by atoms with Gasteiger partial charge in [-0.05, 0) is 41.8 Å². The van der Waals surface area contributed by atoms with Crippen molar-refractivity contribution < 1.29 is 18.1 Å². The molecule has 116 valence electrons. The topological polar surface area (TPSA) is 21.7 Å². The molecule has 0 amide bonds. The van der Waals surface area contributed by atoms with Crippen LogP contribution in [0.15, 0.2) is 12.1 Å². The normalized spacial score (nSPS) is 20.3. The number of benzene rings is 1. The van der Waals surface area contributed by atoms with E-state index in [0.717, 1.165) is 0 Å². The zero-order valence-electron chi connectivity index (χ0n) is 13.5. The molecular weight excluding hydrogens is 275 g/mol. The molecular formula is C15H22BF2NO2. The summed E-state index contributed by atoms with van der Waals surface area (Å²) in [6.07, 6.45) is 0. The van der Waals surface area contributed by atoms with Crippen LogP contribution in [0.3, 0.4) is 0 Å². The van der Waals surface area contributed by atoms with E-state index < -0.39 is 30.0 Å². The Balaban J connectivity index is 2.33. The van der Waals surface area contributed by atoms with Crippen LogP contribution in [-0.4, -0.2) is 37.3 Å². The number of rotatable bonds is 3. The van der Waals surface area contributed by atoms with Gasteiger partial charge in [-0.3, -0.25) is 0 Å². The van der Waals surface area contributed by atoms with E-state index in [2.05, 4.69) is 0 Å². The van der Waals surface area contributed by atoms with Crippen LogP contribution in [0.2, 0.25) is 0 Å². The minimum absolute atomic E-state index is 0.105. The average molecular weight is 297 g/mol. The maximum Gasteiger partial charge on any atom is 0.497 e. The first-order valence-electron chi connectivity index (χ1n) is 7.02. The Morgan fingerprint density at radius 2 is 1.52 bits per heavy atom. The molecule has 21 heavy (non-hydrogen) atoms. The summed E-state index contributed by atoms with van der Waals surface area (Å²) in [5.74, 6) is -1.73. The second-order valence-corrected chi connectivity index (χ2v) is 6.77. The fourth-order valence-electron chi connectivity index (χ4n) is 2.22. The van der Waals surface area contributed by atoms with Gasteiger partial charge in [-0.15, -0.1) is 0 Å². The van der Waals surface area contributed by atoms with Crippen LogP contribution in [0.4, 0.5) is 8.78 Å². The molecule has 3 nitrogen and oxygen atoms in total. The lowest BCUT2D eigenvalue weighted by molar-refractivity contribution is 0.00578. The highest BCUT2D eigenvalue weighted by Crippen LogP contribution is 2.36. The third-order valence-electron chi connectivity index (χ3n) is 4.19. The minimum atomic E-state index is -0.896. The van der Waals surface area contributed by atoms with Gasteiger partial charge in [-0.1, -0.05) is 12.1 Å². The quantitative estimate of drug-likeness (QED) is 0.799. The molecule has 0 aromatic heterocycles. The zero-order chi connectivity index (χ0) is 16.0. The van der Waals surface area contributed by atoms with Crippen molar-refractivity contribution in [3.8, 4) is 0 Å². The largest absolute Gasteiger partial charge is 0.497 e. The van der Waals surface area contributed by atoms with Crippen LogP contribution in [-0.2, 0) is 15.9 Å². The highest BCUT2D eigenvalue weighted by Gasteiger charge is 2.52. The molecule has 1 aliphatic rings. The van der Waals surface area contributed by atoms with Gasteiger partial charge < -0.3 is 14.2 Å². The fraction of sp³-hybridized carbons (Fsp3) is 0.600. The van der Waals surface area contributed by atoms with Gasteiger partial charge in [0.25, 0.3) is 0 Å². The van der Waals surface area contributed by atoms with Crippen molar-refractivity contribution in [2.45, 2.75) is 45.4 Å². The van der Waals surface area contributed by atoms with E-state index in [1.807, 2.05) is 27.7 Å². The van der Waals surface area contributed by atoms with Gasteiger partial charge in [-0.2, -0.15) is 0 Å². The molecule has 0 N–H and O–H groups in total. The van der Waals surface area contributed by atoms with Crippen molar-refractivity contribution in [1.82, 2.24) is 4.90 Å². The molecule has 0 bridgehead atoms. The molecule has 1 aromatic rings. The van der Waals surface area contributed by atoms with E-state index in [1.54, 1.807) is 31.1 Å². The van der Waals surface area contributed by atoms with Crippen LogP contribution < -0.4 is 5.46 Å². The number of hydrogen-bond donors (Lipinski definition) is 0. The summed E-state index contributed by atoms with van der Waals surface area (Å²) in [6, 6.07) is 3.12. The van der Waals surface area contributed by atoms with Crippen LogP contribution in [0.5, 0.6) is 0 Å². The maximum absolute atomic E-state index is 14.3. The van der Waals surface area contributed by atoms with Crippen LogP contribution >= 0.6 is 0 Å². The Morgan fingerprint density at radius 1 is 1.00 bits per heavy atom. The Labute approximate surface area is 125 Å². The summed E-state index contributed by atoms with van der Waals surface area (Å²) in [4.78, 5) is 1.78. The molecule has 0 radical (unpaired) electrons. The molecule has 0 atom stereocenters. The Hall–Kier alpha value is -0.975. The summed E-state index contributed by atoms with van der Waals surface area (Å²) in [5, 5.41) is 0. The van der Waals surface area contributed by atoms with Crippen molar-refractivity contribution >= 4 is 12.6 Å². The monoisotopic (exact) mass is 297 g/mol. The van der Waals surface area contributed by atoms with Gasteiger partial charge in [0.1, 0.15) is 0 Å². The molecule has 1 saturated heterocycles. The van der Waals surface area contributed by atoms with Crippen molar-refractivity contribution in [3.63, 3.8) is 0 Å². The smallest absolute Gasteiger partial charge is 0.399 e. The van der Waals surface area contributed by atoms with E-state index >= 15 is 0 Å². The van der Waals surface area contributed by atoms with Crippen molar-refractivity contribution in [1.29, 1.82) is 0 Å². The van der Waals surface area contributed by atoms with Crippen molar-refractivity contribution in [2.75, 3.05) is 14.1 Å². The molecule has 0 unspecified atom stereocenters. The Bertz CT molecular complexity index is 531. The van der Waals surface area contributed by atoms with Crippen molar-refractivity contribution in [3.05, 3.63) is 29.3 Å². The van der Waals surface area contributed by atoms with E-state index in [4.69, 9.17) is 9.31 Å². The van der Waals surface area contributed by atoms with E-state index in [1.165, 1.54) is 0 Å². The first kappa shape index (κ1) is 16.4. The summed E-state index contributed by atoms with van der Waals surface area (Å²) >= 11 is 0. The van der Waals surface area contributed by atoms with Gasteiger partial charge >= 0.3 is 7.12 Å². The number of nitrogens with zero attached hydrogens (tertiary/aromatic N) is 1. The predicted molar refractivity (Wildman–Crippen MR) is 79.5 cm³/mol. The highest BCUT2D eigenvalue weighted by atomic mass is 19.2. The summed E-state index contributed by atoms with van der Waals surface area (Å²) < 4.78 is 40.0. The van der Waals surface area contributed by atoms with E-state index in [0.29, 0.717) is 12.1 Å². The standard InChI is InChI=1S/C15H22BF2NO2/c1-14(2)15(3,4)21-16(20-14)11-8-7-10(9-19(5)6)12(17)13(11)18/h7-8H,9H2,1-6H3. The van der Waals surface area contributed by atoms with Crippen molar-refractivity contribution in [2.24, 2.45) is 0 Å². The van der Waals surface area contributed by atoms with E-state index in [-0.39, 0.29) is 5.46 Å². The van der Waals surface area contributed by atoms with E-state index in [9.17, 15) is 8.78 Å². The number of hydrogen-bond acceptors (Lipinski definition) is 3. The van der Waals surface area contributed by atoms with Gasteiger partial charge in [0, 0.05) is 17.6 Å². The first-order chi connectivity index (χ1) is 9.55. The molecule has 1 fully saturated rings. The molecule has 2 rings (SSSR count). The Morgan fingerprint density at radius 3 is 2.00 bits per heavy atom. The average Bonchev–Trinajstić information content (AvgIpc) is 2.54. The first-order valence-corrected chi connectivity index (χ1v) is 7.02. The SMILES string of the molecule is CN(C)Cc1ccc(B2OC(C)(C)C(C)(C)O2)c(F)c1F. The van der Waals surface area contributed by atoms with Gasteiger partial charge in [-0.25, -0.2) is 8.78 Å². The van der Waals surface area contributed by atoms with Gasteiger partial charge in [0.05, 0.1) is 11.2 Å². The van der Waals surface area contributed by atoms with Crippen LogP contribution in [0.1, 0.15) is 33.3 Å². The predicted octanol–water partition coefficient (Wildman–Crippen LogP) is 2.33. The molecule has 0 aliphatic carbocycles. The summed E-state index contributed by atoms with van der Waals surface area (Å²) in [6.45, 7) is 7.85. The molecule has 1 heterocycles.